The van der Waals surface area contributed by atoms with E-state index in [0.717, 1.165) is 49.5 Å². The second kappa shape index (κ2) is 10.3. The first-order chi connectivity index (χ1) is 15.0. The molecule has 162 valence electrons. The molecule has 2 fully saturated rings. The Morgan fingerprint density at radius 3 is 2.58 bits per heavy atom. The summed E-state index contributed by atoms with van der Waals surface area (Å²) in [6, 6.07) is 11.4. The van der Waals surface area contributed by atoms with Gasteiger partial charge in [0.15, 0.2) is 0 Å². The van der Waals surface area contributed by atoms with E-state index in [4.69, 9.17) is 44.9 Å². The largest absolute Gasteiger partial charge is 0.492 e. The summed E-state index contributed by atoms with van der Waals surface area (Å²) in [5.74, 6) is 0.505. The lowest BCUT2D eigenvalue weighted by Gasteiger charge is -2.26. The summed E-state index contributed by atoms with van der Waals surface area (Å²) in [7, 11) is 0. The van der Waals surface area contributed by atoms with Crippen molar-refractivity contribution in [2.24, 2.45) is 0 Å². The van der Waals surface area contributed by atoms with Gasteiger partial charge < -0.3 is 14.8 Å². The van der Waals surface area contributed by atoms with Crippen molar-refractivity contribution in [2.45, 2.75) is 0 Å². The maximum atomic E-state index is 12.2. The van der Waals surface area contributed by atoms with Gasteiger partial charge in [-0.3, -0.25) is 9.69 Å². The standard InChI is InChI=1S/C22H20Cl2N2O3S2/c23-17-3-1-15(12-18(17)24)14-2-4-19(29-10-7-26-5-8-28-9-6-26)16(11-14)13-20-21(27)25-22(30)31-20/h1-4,11-13H,5-10H2,(H,25,27,30)/b20-13-. The average molecular weight is 495 g/mol. The van der Waals surface area contributed by atoms with Crippen molar-refractivity contribution < 1.29 is 14.3 Å². The van der Waals surface area contributed by atoms with Crippen LogP contribution in [-0.4, -0.2) is 54.6 Å². The number of rotatable bonds is 6. The van der Waals surface area contributed by atoms with Crippen molar-refractivity contribution in [3.63, 3.8) is 0 Å². The minimum absolute atomic E-state index is 0.200. The Labute approximate surface area is 200 Å². The Bertz CT molecular complexity index is 1040. The summed E-state index contributed by atoms with van der Waals surface area (Å²) in [4.78, 5) is 15.0. The zero-order chi connectivity index (χ0) is 21.8. The van der Waals surface area contributed by atoms with Gasteiger partial charge in [-0.1, -0.05) is 59.3 Å². The lowest BCUT2D eigenvalue weighted by molar-refractivity contribution is -0.115. The van der Waals surface area contributed by atoms with Crippen LogP contribution in [0.2, 0.25) is 10.0 Å². The second-order valence-electron chi connectivity index (χ2n) is 7.04. The minimum atomic E-state index is -0.200. The number of hydrogen-bond acceptors (Lipinski definition) is 6. The molecule has 2 aliphatic heterocycles. The lowest BCUT2D eigenvalue weighted by atomic mass is 10.0. The highest BCUT2D eigenvalue weighted by Crippen LogP contribution is 2.34. The molecule has 0 atom stereocenters. The second-order valence-corrected chi connectivity index (χ2v) is 9.57. The van der Waals surface area contributed by atoms with Crippen molar-refractivity contribution in [1.82, 2.24) is 10.2 Å². The number of carbonyl (C=O) groups is 1. The first kappa shape index (κ1) is 22.6. The molecule has 31 heavy (non-hydrogen) atoms. The maximum Gasteiger partial charge on any atom is 0.263 e. The van der Waals surface area contributed by atoms with Gasteiger partial charge in [-0.05, 0) is 41.5 Å². The Hall–Kier alpha value is -1.61. The summed E-state index contributed by atoms with van der Waals surface area (Å²) in [6.45, 7) is 4.67. The Balaban J connectivity index is 1.60. The van der Waals surface area contributed by atoms with Crippen molar-refractivity contribution in [3.05, 3.63) is 56.9 Å². The molecule has 2 heterocycles. The number of thioether (sulfide) groups is 1. The maximum absolute atomic E-state index is 12.2. The van der Waals surface area contributed by atoms with Crippen molar-refractivity contribution in [2.75, 3.05) is 39.5 Å². The molecule has 1 amide bonds. The van der Waals surface area contributed by atoms with Gasteiger partial charge in [0, 0.05) is 25.2 Å². The van der Waals surface area contributed by atoms with Crippen LogP contribution in [-0.2, 0) is 9.53 Å². The van der Waals surface area contributed by atoms with Crippen LogP contribution < -0.4 is 10.1 Å². The number of benzene rings is 2. The van der Waals surface area contributed by atoms with Gasteiger partial charge in [-0.25, -0.2) is 0 Å². The van der Waals surface area contributed by atoms with E-state index >= 15 is 0 Å². The summed E-state index contributed by atoms with van der Waals surface area (Å²) in [6.07, 6.45) is 1.81. The first-order valence-corrected chi connectivity index (χ1v) is 11.7. The van der Waals surface area contributed by atoms with Gasteiger partial charge in [-0.15, -0.1) is 0 Å². The summed E-state index contributed by atoms with van der Waals surface area (Å²) < 4.78 is 11.9. The third-order valence-electron chi connectivity index (χ3n) is 4.96. The molecule has 2 saturated heterocycles. The molecule has 0 radical (unpaired) electrons. The Morgan fingerprint density at radius 2 is 1.87 bits per heavy atom. The van der Waals surface area contributed by atoms with E-state index in [1.807, 2.05) is 36.4 Å². The number of halogens is 2. The van der Waals surface area contributed by atoms with Crippen molar-refractivity contribution >= 4 is 63.5 Å². The molecule has 0 aliphatic carbocycles. The number of carbonyl (C=O) groups excluding carboxylic acids is 1. The van der Waals surface area contributed by atoms with E-state index in [9.17, 15) is 4.79 Å². The summed E-state index contributed by atoms with van der Waals surface area (Å²) >= 11 is 18.6. The molecule has 0 aromatic heterocycles. The zero-order valence-electron chi connectivity index (χ0n) is 16.5. The smallest absolute Gasteiger partial charge is 0.263 e. The van der Waals surface area contributed by atoms with Gasteiger partial charge in [0.2, 0.25) is 0 Å². The van der Waals surface area contributed by atoms with Crippen LogP contribution in [0, 0.1) is 0 Å². The normalized spacial score (nSPS) is 18.5. The minimum Gasteiger partial charge on any atom is -0.492 e. The van der Waals surface area contributed by atoms with Crippen molar-refractivity contribution in [3.8, 4) is 16.9 Å². The molecule has 5 nitrogen and oxygen atoms in total. The van der Waals surface area contributed by atoms with Gasteiger partial charge >= 0.3 is 0 Å². The highest BCUT2D eigenvalue weighted by Gasteiger charge is 2.23. The fourth-order valence-corrected chi connectivity index (χ4v) is 4.65. The molecule has 9 heteroatoms. The quantitative estimate of drug-likeness (QED) is 0.457. The number of amides is 1. The van der Waals surface area contributed by atoms with E-state index in [-0.39, 0.29) is 5.91 Å². The van der Waals surface area contributed by atoms with Crippen LogP contribution in [0.15, 0.2) is 41.3 Å². The summed E-state index contributed by atoms with van der Waals surface area (Å²) in [5, 5.41) is 3.64. The third-order valence-corrected chi connectivity index (χ3v) is 6.86. The monoisotopic (exact) mass is 494 g/mol. The first-order valence-electron chi connectivity index (χ1n) is 9.77. The predicted molar refractivity (Wildman–Crippen MR) is 131 cm³/mol. The number of hydrogen-bond donors (Lipinski definition) is 1. The van der Waals surface area contributed by atoms with Crippen LogP contribution in [0.1, 0.15) is 5.56 Å². The Kier molecular flexibility index (Phi) is 7.53. The summed E-state index contributed by atoms with van der Waals surface area (Å²) in [5.41, 5.74) is 2.66. The molecule has 2 aromatic rings. The molecule has 0 bridgehead atoms. The van der Waals surface area contributed by atoms with Crippen LogP contribution in [0.4, 0.5) is 0 Å². The number of morpholine rings is 1. The molecular weight excluding hydrogens is 475 g/mol. The topological polar surface area (TPSA) is 50.8 Å². The number of thiocarbonyl (C=S) groups is 1. The highest BCUT2D eigenvalue weighted by molar-refractivity contribution is 8.26. The fraction of sp³-hybridized carbons (Fsp3) is 0.273. The van der Waals surface area contributed by atoms with Gasteiger partial charge in [-0.2, -0.15) is 0 Å². The molecule has 0 spiro atoms. The lowest BCUT2D eigenvalue weighted by Crippen LogP contribution is -2.38. The number of nitrogens with zero attached hydrogens (tertiary/aromatic N) is 1. The van der Waals surface area contributed by atoms with E-state index in [1.165, 1.54) is 11.8 Å². The molecule has 4 rings (SSSR count). The average Bonchev–Trinajstić information content (AvgIpc) is 3.08. The van der Waals surface area contributed by atoms with Crippen LogP contribution in [0.3, 0.4) is 0 Å². The third kappa shape index (κ3) is 5.80. The van der Waals surface area contributed by atoms with Crippen LogP contribution >= 0.6 is 47.2 Å². The number of nitrogens with one attached hydrogen (secondary N) is 1. The van der Waals surface area contributed by atoms with E-state index < -0.39 is 0 Å². The molecule has 0 unspecified atom stereocenters. The SMILES string of the molecule is O=C1NC(=S)S/C1=C\c1cc(-c2ccc(Cl)c(Cl)c2)ccc1OCCN1CCOCC1. The Morgan fingerprint density at radius 1 is 1.13 bits per heavy atom. The van der Waals surface area contributed by atoms with E-state index in [1.54, 1.807) is 6.07 Å². The molecule has 2 aliphatic rings. The van der Waals surface area contributed by atoms with E-state index in [0.29, 0.717) is 31.6 Å². The molecule has 1 N–H and O–H groups in total. The highest BCUT2D eigenvalue weighted by atomic mass is 35.5. The zero-order valence-corrected chi connectivity index (χ0v) is 19.7. The van der Waals surface area contributed by atoms with Crippen molar-refractivity contribution in [1.29, 1.82) is 0 Å². The van der Waals surface area contributed by atoms with Gasteiger partial charge in [0.05, 0.1) is 28.2 Å². The molecule has 2 aromatic carbocycles. The number of ether oxygens (including phenoxy) is 2. The predicted octanol–water partition coefficient (Wildman–Crippen LogP) is 4.86. The van der Waals surface area contributed by atoms with E-state index in [2.05, 4.69) is 10.2 Å². The molecular formula is C22H20Cl2N2O3S2. The van der Waals surface area contributed by atoms with Crippen LogP contribution in [0.25, 0.3) is 17.2 Å². The van der Waals surface area contributed by atoms with Gasteiger partial charge in [0.25, 0.3) is 5.91 Å². The van der Waals surface area contributed by atoms with Crippen LogP contribution in [0.5, 0.6) is 5.75 Å². The molecule has 0 saturated carbocycles. The fourth-order valence-electron chi connectivity index (χ4n) is 3.32. The van der Waals surface area contributed by atoms with Gasteiger partial charge in [0.1, 0.15) is 16.7 Å².